The minimum Gasteiger partial charge on any atom is -0.481 e. The lowest BCUT2D eigenvalue weighted by Crippen LogP contribution is -2.54. The quantitative estimate of drug-likeness (QED) is 0.649. The lowest BCUT2D eigenvalue weighted by molar-refractivity contribution is -0.134. The monoisotopic (exact) mass is 363 g/mol. The molecule has 0 saturated heterocycles. The lowest BCUT2D eigenvalue weighted by Gasteiger charge is -2.61. The summed E-state index contributed by atoms with van der Waals surface area (Å²) < 4.78 is 0. The number of carbonyl (C=O) groups is 1. The summed E-state index contributed by atoms with van der Waals surface area (Å²) in [6.45, 7) is 8.85. The van der Waals surface area contributed by atoms with Crippen molar-refractivity contribution in [3.63, 3.8) is 0 Å². The Bertz CT molecular complexity index is 516. The van der Waals surface area contributed by atoms with Gasteiger partial charge in [-0.05, 0) is 98.2 Å². The van der Waals surface area contributed by atoms with Gasteiger partial charge in [-0.15, -0.1) is 0 Å². The van der Waals surface area contributed by atoms with Crippen LogP contribution in [0, 0.1) is 40.4 Å². The summed E-state index contributed by atoms with van der Waals surface area (Å²) in [5.41, 5.74) is 7.63. The van der Waals surface area contributed by atoms with Crippen LogP contribution in [0.5, 0.6) is 0 Å². The molecule has 0 unspecified atom stereocenters. The molecule has 3 heteroatoms. The van der Waals surface area contributed by atoms with Crippen molar-refractivity contribution in [2.45, 2.75) is 97.9 Å². The molecular weight excluding hydrogens is 322 g/mol. The minimum absolute atomic E-state index is 0.499. The van der Waals surface area contributed by atoms with E-state index in [0.717, 1.165) is 36.5 Å². The second-order valence-corrected chi connectivity index (χ2v) is 10.4. The van der Waals surface area contributed by atoms with E-state index in [-0.39, 0.29) is 0 Å². The van der Waals surface area contributed by atoms with Crippen LogP contribution in [0.1, 0.15) is 91.9 Å². The maximum Gasteiger partial charge on any atom is 0.300 e. The predicted octanol–water partition coefficient (Wildman–Crippen LogP) is 5.47. The van der Waals surface area contributed by atoms with Crippen LogP contribution in [0.2, 0.25) is 0 Å². The van der Waals surface area contributed by atoms with E-state index in [1.165, 1.54) is 64.2 Å². The highest BCUT2D eigenvalue weighted by molar-refractivity contribution is 5.62. The van der Waals surface area contributed by atoms with Crippen molar-refractivity contribution in [1.29, 1.82) is 0 Å². The highest BCUT2D eigenvalue weighted by Crippen LogP contribution is 2.67. The predicted molar refractivity (Wildman–Crippen MR) is 107 cm³/mol. The van der Waals surface area contributed by atoms with Crippen molar-refractivity contribution in [3.05, 3.63) is 0 Å². The average Bonchev–Trinajstić information content (AvgIpc) is 2.91. The number of carboxylic acids is 1. The molecule has 4 fully saturated rings. The van der Waals surface area contributed by atoms with Crippen LogP contribution in [0.15, 0.2) is 0 Å². The molecule has 0 aromatic rings. The summed E-state index contributed by atoms with van der Waals surface area (Å²) in [5.74, 6) is 4.23. The first-order chi connectivity index (χ1) is 12.2. The zero-order chi connectivity index (χ0) is 19.1. The molecule has 150 valence electrons. The molecule has 4 rings (SSSR count). The smallest absolute Gasteiger partial charge is 0.300 e. The largest absolute Gasteiger partial charge is 0.481 e. The molecule has 3 N–H and O–H groups in total. The first kappa shape index (κ1) is 20.2. The van der Waals surface area contributed by atoms with Crippen molar-refractivity contribution >= 4 is 5.97 Å². The third-order valence-corrected chi connectivity index (χ3v) is 9.40. The molecule has 4 saturated carbocycles. The van der Waals surface area contributed by atoms with E-state index in [9.17, 15) is 0 Å². The highest BCUT2D eigenvalue weighted by atomic mass is 16.4. The second-order valence-electron chi connectivity index (χ2n) is 10.4. The summed E-state index contributed by atoms with van der Waals surface area (Å²) in [6, 6.07) is 0.499. The third-order valence-electron chi connectivity index (χ3n) is 9.40. The molecule has 0 heterocycles. The van der Waals surface area contributed by atoms with Crippen LogP contribution in [-0.2, 0) is 4.79 Å². The second kappa shape index (κ2) is 7.45. The fourth-order valence-corrected chi connectivity index (χ4v) is 8.07. The average molecular weight is 364 g/mol. The van der Waals surface area contributed by atoms with Crippen molar-refractivity contribution in [2.75, 3.05) is 0 Å². The van der Waals surface area contributed by atoms with E-state index >= 15 is 0 Å². The maximum atomic E-state index is 9.00. The maximum absolute atomic E-state index is 9.00. The minimum atomic E-state index is -0.833. The number of carboxylic acid groups (broad SMARTS) is 1. The van der Waals surface area contributed by atoms with Gasteiger partial charge in [-0.3, -0.25) is 4.79 Å². The van der Waals surface area contributed by atoms with Crippen LogP contribution < -0.4 is 5.73 Å². The SMILES string of the molecule is CC(=O)O.CC[C@H]1CC[C@H]2[C@@H]3CC[C@H]4C[C@H](N)CC[C@]4(C)[C@H]3CC[C@]12C. The Balaban J connectivity index is 0.000000447. The molecule has 0 bridgehead atoms. The molecule has 0 aromatic carbocycles. The van der Waals surface area contributed by atoms with Gasteiger partial charge in [0.1, 0.15) is 0 Å². The number of hydrogen-bond acceptors (Lipinski definition) is 2. The Labute approximate surface area is 160 Å². The van der Waals surface area contributed by atoms with Crippen LogP contribution in [0.25, 0.3) is 0 Å². The van der Waals surface area contributed by atoms with Crippen LogP contribution in [0.4, 0.5) is 0 Å². The standard InChI is InChI=1S/C21H37N.C2H4O2/c1-4-14-6-8-18-17-7-5-15-13-16(22)9-11-21(15,3)19(17)10-12-20(14,18)2;1-2(3)4/h14-19H,4-13,22H2,1-3H3;1H3,(H,3,4)/t14-,15-,16+,17-,18-,19-,20+,21-;/m0./s1. The molecule has 4 aliphatic rings. The molecular formula is C23H41NO2. The van der Waals surface area contributed by atoms with Gasteiger partial charge < -0.3 is 10.8 Å². The molecule has 0 amide bonds. The zero-order valence-corrected chi connectivity index (χ0v) is 17.5. The number of hydrogen-bond donors (Lipinski definition) is 2. The fraction of sp³-hybridized carbons (Fsp3) is 0.957. The van der Waals surface area contributed by atoms with Gasteiger partial charge in [-0.1, -0.05) is 27.2 Å². The van der Waals surface area contributed by atoms with Crippen LogP contribution in [0.3, 0.4) is 0 Å². The van der Waals surface area contributed by atoms with Crippen LogP contribution in [-0.4, -0.2) is 17.1 Å². The number of aliphatic carboxylic acids is 1. The van der Waals surface area contributed by atoms with E-state index in [1.807, 2.05) is 0 Å². The molecule has 8 atom stereocenters. The molecule has 0 aromatic heterocycles. The van der Waals surface area contributed by atoms with Crippen molar-refractivity contribution in [2.24, 2.45) is 46.2 Å². The van der Waals surface area contributed by atoms with Gasteiger partial charge >= 0.3 is 0 Å². The van der Waals surface area contributed by atoms with Crippen molar-refractivity contribution < 1.29 is 9.90 Å². The third kappa shape index (κ3) is 3.34. The molecule has 3 nitrogen and oxygen atoms in total. The molecule has 4 aliphatic carbocycles. The van der Waals surface area contributed by atoms with Gasteiger partial charge in [0, 0.05) is 13.0 Å². The Morgan fingerprint density at radius 2 is 1.62 bits per heavy atom. The Hall–Kier alpha value is -0.570. The highest BCUT2D eigenvalue weighted by Gasteiger charge is 2.59. The van der Waals surface area contributed by atoms with Crippen LogP contribution >= 0.6 is 0 Å². The van der Waals surface area contributed by atoms with Gasteiger partial charge in [-0.25, -0.2) is 0 Å². The Morgan fingerprint density at radius 1 is 1.00 bits per heavy atom. The number of nitrogens with two attached hydrogens (primary N) is 1. The fourth-order valence-electron chi connectivity index (χ4n) is 8.07. The topological polar surface area (TPSA) is 63.3 Å². The zero-order valence-electron chi connectivity index (χ0n) is 17.5. The van der Waals surface area contributed by atoms with Crippen molar-refractivity contribution in [1.82, 2.24) is 0 Å². The summed E-state index contributed by atoms with van der Waals surface area (Å²) in [7, 11) is 0. The van der Waals surface area contributed by atoms with E-state index in [4.69, 9.17) is 15.6 Å². The lowest BCUT2D eigenvalue weighted by atomic mass is 9.44. The van der Waals surface area contributed by atoms with E-state index < -0.39 is 5.97 Å². The molecule has 0 spiro atoms. The first-order valence-electron chi connectivity index (χ1n) is 11.2. The van der Waals surface area contributed by atoms with Gasteiger partial charge in [0.25, 0.3) is 5.97 Å². The van der Waals surface area contributed by atoms with Gasteiger partial charge in [0.15, 0.2) is 0 Å². The van der Waals surface area contributed by atoms with E-state index in [1.54, 1.807) is 0 Å². The Kier molecular flexibility index (Phi) is 5.78. The summed E-state index contributed by atoms with van der Waals surface area (Å²) in [6.07, 6.45) is 14.5. The summed E-state index contributed by atoms with van der Waals surface area (Å²) >= 11 is 0. The number of fused-ring (bicyclic) bond motifs is 5. The first-order valence-corrected chi connectivity index (χ1v) is 11.2. The van der Waals surface area contributed by atoms with E-state index in [0.29, 0.717) is 16.9 Å². The van der Waals surface area contributed by atoms with E-state index in [2.05, 4.69) is 20.8 Å². The number of rotatable bonds is 1. The van der Waals surface area contributed by atoms with Gasteiger partial charge in [-0.2, -0.15) is 0 Å². The van der Waals surface area contributed by atoms with Gasteiger partial charge in [0.05, 0.1) is 0 Å². The van der Waals surface area contributed by atoms with Gasteiger partial charge in [0.2, 0.25) is 0 Å². The molecule has 26 heavy (non-hydrogen) atoms. The molecule has 0 aliphatic heterocycles. The summed E-state index contributed by atoms with van der Waals surface area (Å²) in [5, 5.41) is 7.42. The van der Waals surface area contributed by atoms with Crippen molar-refractivity contribution in [3.8, 4) is 0 Å². The summed E-state index contributed by atoms with van der Waals surface area (Å²) in [4.78, 5) is 9.00. The Morgan fingerprint density at radius 3 is 2.27 bits per heavy atom. The normalized spacial score (nSPS) is 49.9. The molecule has 0 radical (unpaired) electrons.